The molecule has 1 heterocycles. The lowest BCUT2D eigenvalue weighted by Gasteiger charge is -2.57. The van der Waals surface area contributed by atoms with Gasteiger partial charge in [-0.2, -0.15) is 0 Å². The summed E-state index contributed by atoms with van der Waals surface area (Å²) in [4.78, 5) is 0. The van der Waals surface area contributed by atoms with E-state index in [2.05, 4.69) is 54.9 Å². The quantitative estimate of drug-likeness (QED) is 0.417. The molecule has 1 nitrogen and oxygen atoms in total. The second kappa shape index (κ2) is 6.86. The standard InChI is InChI=1S/C25H34OS2/c1-4-10-24(26)11-9-21-20-7-6-18-16-25(27-13-14-28-25)12-8-19(18)22(20)17(3)15-23(21,24)5-2/h16,19-22,26H,3,5-9,11-15H2,1-2H3/t19?,20?,21?,22?,23-,24-/m0/s1. The fraction of sp³-hybridized carbons (Fsp3) is 0.760. The molecule has 1 aliphatic heterocycles. The third-order valence-electron chi connectivity index (χ3n) is 8.97. The topological polar surface area (TPSA) is 20.2 Å². The van der Waals surface area contributed by atoms with E-state index in [1.807, 2.05) is 6.92 Å². The first-order valence-corrected chi connectivity index (χ1v) is 13.3. The monoisotopic (exact) mass is 414 g/mol. The third kappa shape index (κ3) is 2.60. The van der Waals surface area contributed by atoms with Crippen LogP contribution in [0.5, 0.6) is 0 Å². The molecule has 6 atom stereocenters. The Balaban J connectivity index is 1.49. The van der Waals surface area contributed by atoms with Gasteiger partial charge in [0.05, 0.1) is 4.08 Å². The van der Waals surface area contributed by atoms with Gasteiger partial charge in [-0.3, -0.25) is 0 Å². The number of hydrogen-bond acceptors (Lipinski definition) is 3. The van der Waals surface area contributed by atoms with Crippen molar-refractivity contribution in [1.29, 1.82) is 0 Å². The van der Waals surface area contributed by atoms with E-state index in [9.17, 15) is 5.11 Å². The summed E-state index contributed by atoms with van der Waals surface area (Å²) in [6.45, 7) is 8.82. The van der Waals surface area contributed by atoms with Gasteiger partial charge in [0.25, 0.3) is 0 Å². The van der Waals surface area contributed by atoms with Gasteiger partial charge in [-0.15, -0.1) is 29.4 Å². The Morgan fingerprint density at radius 3 is 2.71 bits per heavy atom. The second-order valence-electron chi connectivity index (χ2n) is 9.83. The molecule has 0 aromatic rings. The molecule has 0 aromatic carbocycles. The number of rotatable bonds is 1. The number of hydrogen-bond donors (Lipinski definition) is 1. The molecule has 28 heavy (non-hydrogen) atoms. The van der Waals surface area contributed by atoms with Crippen LogP contribution in [-0.4, -0.2) is 26.3 Å². The highest BCUT2D eigenvalue weighted by atomic mass is 32.2. The third-order valence-corrected chi connectivity index (χ3v) is 12.4. The van der Waals surface area contributed by atoms with Crippen LogP contribution in [0, 0.1) is 40.9 Å². The van der Waals surface area contributed by atoms with Crippen molar-refractivity contribution in [3.05, 3.63) is 23.8 Å². The normalized spacial score (nSPS) is 46.2. The summed E-state index contributed by atoms with van der Waals surface area (Å²) in [7, 11) is 0. The van der Waals surface area contributed by atoms with Crippen molar-refractivity contribution in [3.8, 4) is 11.8 Å². The second-order valence-corrected chi connectivity index (χ2v) is 12.9. The molecule has 4 fully saturated rings. The van der Waals surface area contributed by atoms with Crippen molar-refractivity contribution in [1.82, 2.24) is 0 Å². The zero-order chi connectivity index (χ0) is 19.6. The Bertz CT molecular complexity index is 767. The Labute approximate surface area is 179 Å². The molecular weight excluding hydrogens is 380 g/mol. The van der Waals surface area contributed by atoms with Crippen molar-refractivity contribution >= 4 is 23.5 Å². The summed E-state index contributed by atoms with van der Waals surface area (Å²) >= 11 is 4.38. The number of fused-ring (bicyclic) bond motifs is 5. The lowest BCUT2D eigenvalue weighted by molar-refractivity contribution is -0.0790. The van der Waals surface area contributed by atoms with E-state index < -0.39 is 5.60 Å². The van der Waals surface area contributed by atoms with Crippen LogP contribution in [0.3, 0.4) is 0 Å². The molecule has 1 N–H and O–H groups in total. The first-order chi connectivity index (χ1) is 13.5. The van der Waals surface area contributed by atoms with Crippen molar-refractivity contribution in [2.45, 2.75) is 74.9 Å². The molecule has 1 saturated heterocycles. The number of aliphatic hydroxyl groups is 1. The highest BCUT2D eigenvalue weighted by molar-refractivity contribution is 8.21. The van der Waals surface area contributed by atoms with Crippen molar-refractivity contribution < 1.29 is 5.11 Å². The summed E-state index contributed by atoms with van der Waals surface area (Å²) in [5.41, 5.74) is 2.31. The fourth-order valence-electron chi connectivity index (χ4n) is 7.91. The summed E-state index contributed by atoms with van der Waals surface area (Å²) in [6, 6.07) is 0. The van der Waals surface area contributed by atoms with Gasteiger partial charge >= 0.3 is 0 Å². The van der Waals surface area contributed by atoms with Crippen LogP contribution in [0.1, 0.15) is 65.2 Å². The summed E-state index contributed by atoms with van der Waals surface area (Å²) in [5, 5.41) is 11.6. The average molecular weight is 415 g/mol. The molecule has 0 aromatic heterocycles. The van der Waals surface area contributed by atoms with Crippen LogP contribution < -0.4 is 0 Å². The van der Waals surface area contributed by atoms with Gasteiger partial charge in [0.1, 0.15) is 5.60 Å². The van der Waals surface area contributed by atoms with E-state index in [0.717, 1.165) is 31.6 Å². The maximum atomic E-state index is 11.6. The first-order valence-electron chi connectivity index (χ1n) is 11.3. The van der Waals surface area contributed by atoms with Gasteiger partial charge < -0.3 is 5.11 Å². The highest BCUT2D eigenvalue weighted by Gasteiger charge is 2.64. The van der Waals surface area contributed by atoms with Gasteiger partial charge in [-0.05, 0) is 82.0 Å². The summed E-state index contributed by atoms with van der Waals surface area (Å²) < 4.78 is 0.395. The minimum atomic E-state index is -0.807. The minimum Gasteiger partial charge on any atom is -0.377 e. The van der Waals surface area contributed by atoms with Gasteiger partial charge in [0.15, 0.2) is 0 Å². The van der Waals surface area contributed by atoms with Gasteiger partial charge in [0.2, 0.25) is 0 Å². The largest absolute Gasteiger partial charge is 0.377 e. The van der Waals surface area contributed by atoms with Gasteiger partial charge in [-0.25, -0.2) is 0 Å². The zero-order valence-corrected chi connectivity index (χ0v) is 19.1. The maximum Gasteiger partial charge on any atom is 0.131 e. The van der Waals surface area contributed by atoms with Crippen LogP contribution >= 0.6 is 23.5 Å². The maximum absolute atomic E-state index is 11.6. The molecule has 152 valence electrons. The molecule has 5 rings (SSSR count). The number of thioether (sulfide) groups is 2. The molecule has 3 heteroatoms. The van der Waals surface area contributed by atoms with Crippen LogP contribution in [-0.2, 0) is 0 Å². The Kier molecular flexibility index (Phi) is 4.81. The molecule has 0 radical (unpaired) electrons. The van der Waals surface area contributed by atoms with E-state index in [0.29, 0.717) is 21.8 Å². The number of allylic oxidation sites excluding steroid dienone is 2. The smallest absolute Gasteiger partial charge is 0.131 e. The van der Waals surface area contributed by atoms with Gasteiger partial charge in [0, 0.05) is 16.9 Å². The van der Waals surface area contributed by atoms with E-state index in [4.69, 9.17) is 0 Å². The predicted octanol–water partition coefficient (Wildman–Crippen LogP) is 6.05. The molecule has 3 saturated carbocycles. The Morgan fingerprint density at radius 1 is 1.21 bits per heavy atom. The fourth-order valence-corrected chi connectivity index (χ4v) is 11.1. The van der Waals surface area contributed by atoms with E-state index >= 15 is 0 Å². The molecule has 0 amide bonds. The highest BCUT2D eigenvalue weighted by Crippen LogP contribution is 2.68. The first kappa shape index (κ1) is 19.7. The minimum absolute atomic E-state index is 0.0669. The lowest BCUT2D eigenvalue weighted by Crippen LogP contribution is -2.54. The summed E-state index contributed by atoms with van der Waals surface area (Å²) in [5.74, 6) is 11.6. The van der Waals surface area contributed by atoms with E-state index in [1.54, 1.807) is 5.57 Å². The molecule has 5 aliphatic rings. The van der Waals surface area contributed by atoms with Crippen LogP contribution in [0.15, 0.2) is 23.8 Å². The van der Waals surface area contributed by atoms with Crippen LogP contribution in [0.25, 0.3) is 0 Å². The van der Waals surface area contributed by atoms with Crippen molar-refractivity contribution in [2.24, 2.45) is 29.1 Å². The molecule has 1 spiro atoms. The van der Waals surface area contributed by atoms with Crippen LogP contribution in [0.2, 0.25) is 0 Å². The Hall–Kier alpha value is -0.300. The Morgan fingerprint density at radius 2 is 2.00 bits per heavy atom. The predicted molar refractivity (Wildman–Crippen MR) is 122 cm³/mol. The van der Waals surface area contributed by atoms with Crippen molar-refractivity contribution in [2.75, 3.05) is 11.5 Å². The van der Waals surface area contributed by atoms with Crippen molar-refractivity contribution in [3.63, 3.8) is 0 Å². The molecule has 4 aliphatic carbocycles. The van der Waals surface area contributed by atoms with E-state index in [1.165, 1.54) is 42.8 Å². The zero-order valence-electron chi connectivity index (χ0n) is 17.4. The van der Waals surface area contributed by atoms with Crippen LogP contribution in [0.4, 0.5) is 0 Å². The molecular formula is C25H34OS2. The average Bonchev–Trinajstić information content (AvgIpc) is 3.25. The van der Waals surface area contributed by atoms with E-state index in [-0.39, 0.29) is 5.41 Å². The SMILES string of the molecule is C=C1C[C@@]2(CC)C(CC[C@@]2(O)C#CC)C2CCC3=CC4(CCC3C12)SCCS4. The lowest BCUT2D eigenvalue weighted by atomic mass is 9.48. The van der Waals surface area contributed by atoms with Gasteiger partial charge in [-0.1, -0.05) is 36.6 Å². The summed E-state index contributed by atoms with van der Waals surface area (Å²) in [6.07, 6.45) is 12.0. The molecule has 4 unspecified atom stereocenters. The molecule has 0 bridgehead atoms.